The Morgan fingerprint density at radius 2 is 2.11 bits per heavy atom. The first-order valence-electron chi connectivity index (χ1n) is 9.03. The van der Waals surface area contributed by atoms with Gasteiger partial charge in [0.2, 0.25) is 0 Å². The third kappa shape index (κ3) is 3.77. The Morgan fingerprint density at radius 3 is 2.85 bits per heavy atom. The number of hydrogen-bond acceptors (Lipinski definition) is 6. The number of likely N-dealkylation sites (tertiary alicyclic amines) is 1. The first-order chi connectivity index (χ1) is 13.3. The summed E-state index contributed by atoms with van der Waals surface area (Å²) in [6.07, 6.45) is 10.0. The van der Waals surface area contributed by atoms with Gasteiger partial charge in [0.15, 0.2) is 0 Å². The van der Waals surface area contributed by atoms with Gasteiger partial charge in [-0.3, -0.25) is 9.89 Å². The lowest BCUT2D eigenvalue weighted by Gasteiger charge is -2.30. The maximum Gasteiger partial charge on any atom is 0.255 e. The molecule has 3 aromatic rings. The smallest absolute Gasteiger partial charge is 0.255 e. The highest BCUT2D eigenvalue weighted by atomic mass is 32.1. The molecule has 0 radical (unpaired) electrons. The molecule has 3 aromatic heterocycles. The van der Waals surface area contributed by atoms with Gasteiger partial charge in [0.25, 0.3) is 5.91 Å². The number of aliphatic hydroxyl groups excluding tert-OH is 1. The number of nitrogens with zero attached hydrogens (tertiary/aromatic N) is 4. The van der Waals surface area contributed by atoms with Gasteiger partial charge < -0.3 is 10.0 Å². The van der Waals surface area contributed by atoms with Crippen molar-refractivity contribution >= 4 is 17.2 Å². The van der Waals surface area contributed by atoms with Crippen molar-refractivity contribution in [1.82, 2.24) is 25.1 Å². The quantitative estimate of drug-likeness (QED) is 0.682. The summed E-state index contributed by atoms with van der Waals surface area (Å²) in [6, 6.07) is 3.81. The SMILES string of the molecule is O=C(c1csc(-c2cn[nH]c2)c1)N1[C@@H](CCO)CC[C@H]1Cc1ncccn1. The fraction of sp³-hybridized carbons (Fsp3) is 0.368. The molecule has 4 heterocycles. The lowest BCUT2D eigenvalue weighted by molar-refractivity contribution is 0.0641. The molecular formula is C19H21N5O2S. The van der Waals surface area contributed by atoms with Crippen LogP contribution < -0.4 is 0 Å². The van der Waals surface area contributed by atoms with Crippen LogP contribution in [-0.2, 0) is 6.42 Å². The highest BCUT2D eigenvalue weighted by molar-refractivity contribution is 7.13. The molecule has 1 amide bonds. The second-order valence-corrected chi connectivity index (χ2v) is 7.58. The van der Waals surface area contributed by atoms with Gasteiger partial charge in [-0.1, -0.05) is 0 Å². The first kappa shape index (κ1) is 17.8. The molecular weight excluding hydrogens is 362 g/mol. The van der Waals surface area contributed by atoms with Crippen LogP contribution in [0.3, 0.4) is 0 Å². The van der Waals surface area contributed by atoms with Gasteiger partial charge in [0, 0.05) is 59.5 Å². The van der Waals surface area contributed by atoms with Crippen molar-refractivity contribution in [2.75, 3.05) is 6.61 Å². The molecule has 2 N–H and O–H groups in total. The van der Waals surface area contributed by atoms with E-state index < -0.39 is 0 Å². The zero-order valence-corrected chi connectivity index (χ0v) is 15.6. The van der Waals surface area contributed by atoms with Gasteiger partial charge in [-0.15, -0.1) is 11.3 Å². The standard InChI is InChI=1S/C19H21N5O2S/c25-7-4-15-2-3-16(9-18-20-5-1-6-21-18)24(15)19(26)13-8-17(27-12-13)14-10-22-23-11-14/h1,5-6,8,10-12,15-16,25H,2-4,7,9H2,(H,22,23)/t15-,16+/m1/s1. The molecule has 27 heavy (non-hydrogen) atoms. The number of carbonyl (C=O) groups is 1. The number of thiophene rings is 1. The van der Waals surface area contributed by atoms with Crippen molar-refractivity contribution in [3.63, 3.8) is 0 Å². The zero-order valence-electron chi connectivity index (χ0n) is 14.8. The van der Waals surface area contributed by atoms with Crippen molar-refractivity contribution in [1.29, 1.82) is 0 Å². The van der Waals surface area contributed by atoms with Crippen molar-refractivity contribution in [2.24, 2.45) is 0 Å². The minimum absolute atomic E-state index is 0.0119. The van der Waals surface area contributed by atoms with Crippen molar-refractivity contribution < 1.29 is 9.90 Å². The highest BCUT2D eigenvalue weighted by Crippen LogP contribution is 2.32. The van der Waals surface area contributed by atoms with E-state index in [2.05, 4.69) is 20.2 Å². The summed E-state index contributed by atoms with van der Waals surface area (Å²) in [5, 5.41) is 18.1. The average Bonchev–Trinajstić information content (AvgIpc) is 3.43. The number of nitrogens with one attached hydrogen (secondary N) is 1. The van der Waals surface area contributed by atoms with Crippen LogP contribution in [0.4, 0.5) is 0 Å². The van der Waals surface area contributed by atoms with E-state index in [0.29, 0.717) is 18.4 Å². The van der Waals surface area contributed by atoms with Gasteiger partial charge in [0.05, 0.1) is 11.8 Å². The Bertz CT molecular complexity index is 881. The van der Waals surface area contributed by atoms with E-state index in [1.807, 2.05) is 22.5 Å². The average molecular weight is 383 g/mol. The molecule has 7 nitrogen and oxygen atoms in total. The number of aromatic amines is 1. The number of carbonyl (C=O) groups excluding carboxylic acids is 1. The lowest BCUT2D eigenvalue weighted by Crippen LogP contribution is -2.42. The Kier molecular flexibility index (Phi) is 5.26. The molecule has 0 aromatic carbocycles. The molecule has 1 aliphatic heterocycles. The van der Waals surface area contributed by atoms with Gasteiger partial charge in [-0.25, -0.2) is 9.97 Å². The first-order valence-corrected chi connectivity index (χ1v) is 9.91. The van der Waals surface area contributed by atoms with E-state index in [9.17, 15) is 9.90 Å². The largest absolute Gasteiger partial charge is 0.396 e. The van der Waals surface area contributed by atoms with E-state index in [-0.39, 0.29) is 24.6 Å². The fourth-order valence-electron chi connectivity index (χ4n) is 3.71. The van der Waals surface area contributed by atoms with Gasteiger partial charge >= 0.3 is 0 Å². The Hall–Kier alpha value is -2.58. The van der Waals surface area contributed by atoms with E-state index in [0.717, 1.165) is 29.1 Å². The molecule has 1 saturated heterocycles. The van der Waals surface area contributed by atoms with Gasteiger partial charge in [-0.2, -0.15) is 5.10 Å². The second-order valence-electron chi connectivity index (χ2n) is 6.67. The fourth-order valence-corrected chi connectivity index (χ4v) is 4.57. The highest BCUT2D eigenvalue weighted by Gasteiger charge is 2.37. The van der Waals surface area contributed by atoms with Crippen LogP contribution in [0.25, 0.3) is 10.4 Å². The summed E-state index contributed by atoms with van der Waals surface area (Å²) in [7, 11) is 0. The molecule has 0 aliphatic carbocycles. The number of hydrogen-bond donors (Lipinski definition) is 2. The van der Waals surface area contributed by atoms with Crippen LogP contribution in [-0.4, -0.2) is 54.8 Å². The monoisotopic (exact) mass is 383 g/mol. The topological polar surface area (TPSA) is 95.0 Å². The van der Waals surface area contributed by atoms with Crippen LogP contribution in [0, 0.1) is 0 Å². The van der Waals surface area contributed by atoms with E-state index in [4.69, 9.17) is 0 Å². The lowest BCUT2D eigenvalue weighted by atomic mass is 10.1. The van der Waals surface area contributed by atoms with Crippen LogP contribution in [0.5, 0.6) is 0 Å². The van der Waals surface area contributed by atoms with E-state index in [1.54, 1.807) is 24.7 Å². The molecule has 4 rings (SSSR count). The molecule has 140 valence electrons. The molecule has 1 fully saturated rings. The predicted octanol–water partition coefficient (Wildman–Crippen LogP) is 2.53. The molecule has 2 atom stereocenters. The maximum atomic E-state index is 13.3. The van der Waals surface area contributed by atoms with Crippen molar-refractivity contribution in [3.8, 4) is 10.4 Å². The van der Waals surface area contributed by atoms with Crippen molar-refractivity contribution in [2.45, 2.75) is 37.8 Å². The minimum atomic E-state index is 0.0119. The summed E-state index contributed by atoms with van der Waals surface area (Å²) >= 11 is 1.53. The van der Waals surface area contributed by atoms with E-state index in [1.165, 1.54) is 11.3 Å². The Balaban J connectivity index is 1.57. The number of amides is 1. The number of aromatic nitrogens is 4. The predicted molar refractivity (Wildman–Crippen MR) is 102 cm³/mol. The second kappa shape index (κ2) is 7.98. The van der Waals surface area contributed by atoms with Gasteiger partial charge in [-0.05, 0) is 31.4 Å². The third-order valence-corrected chi connectivity index (χ3v) is 5.96. The molecule has 0 bridgehead atoms. The number of H-pyrrole nitrogens is 1. The van der Waals surface area contributed by atoms with Crippen LogP contribution in [0.2, 0.25) is 0 Å². The summed E-state index contributed by atoms with van der Waals surface area (Å²) in [5.41, 5.74) is 1.65. The summed E-state index contributed by atoms with van der Waals surface area (Å²) in [5.74, 6) is 0.757. The molecule has 0 spiro atoms. The number of aliphatic hydroxyl groups is 1. The maximum absolute atomic E-state index is 13.3. The van der Waals surface area contributed by atoms with E-state index >= 15 is 0 Å². The van der Waals surface area contributed by atoms with Crippen molar-refractivity contribution in [3.05, 3.63) is 53.7 Å². The Morgan fingerprint density at radius 1 is 1.30 bits per heavy atom. The molecule has 1 aliphatic rings. The Labute approximate surface area is 161 Å². The van der Waals surface area contributed by atoms with Crippen LogP contribution in [0.15, 0.2) is 42.3 Å². The van der Waals surface area contributed by atoms with Crippen LogP contribution >= 0.6 is 11.3 Å². The summed E-state index contributed by atoms with van der Waals surface area (Å²) < 4.78 is 0. The summed E-state index contributed by atoms with van der Waals surface area (Å²) in [6.45, 7) is 0.0763. The summed E-state index contributed by atoms with van der Waals surface area (Å²) in [4.78, 5) is 24.9. The molecule has 8 heteroatoms. The number of rotatable bonds is 6. The zero-order chi connectivity index (χ0) is 18.6. The molecule has 0 saturated carbocycles. The van der Waals surface area contributed by atoms with Gasteiger partial charge in [0.1, 0.15) is 5.82 Å². The molecule has 0 unspecified atom stereocenters. The van der Waals surface area contributed by atoms with Crippen LogP contribution in [0.1, 0.15) is 35.4 Å². The minimum Gasteiger partial charge on any atom is -0.396 e. The normalized spacial score (nSPS) is 19.5. The third-order valence-electron chi connectivity index (χ3n) is 4.98.